The molecule has 4 rings (SSSR count). The number of rotatable bonds is 4. The minimum atomic E-state index is 0.347. The smallest absolute Gasteiger partial charge is 0.138 e. The Kier molecular flexibility index (Phi) is 4.29. The van der Waals surface area contributed by atoms with Crippen molar-refractivity contribution in [3.8, 4) is 5.75 Å². The van der Waals surface area contributed by atoms with E-state index >= 15 is 0 Å². The predicted octanol–water partition coefficient (Wildman–Crippen LogP) is 2.45. The molecule has 22 heavy (non-hydrogen) atoms. The normalized spacial score (nSPS) is 28.6. The molecule has 0 aromatic carbocycles. The molecular weight excluding hydrogens is 296 g/mol. The molecule has 3 saturated heterocycles. The van der Waals surface area contributed by atoms with Crippen LogP contribution in [0, 0.1) is 5.92 Å². The lowest BCUT2D eigenvalue weighted by molar-refractivity contribution is 0.0285. The summed E-state index contributed by atoms with van der Waals surface area (Å²) >= 11 is 2.11. The summed E-state index contributed by atoms with van der Waals surface area (Å²) in [6.07, 6.45) is 7.61. The number of thioether (sulfide) groups is 1. The van der Waals surface area contributed by atoms with Crippen LogP contribution in [-0.4, -0.2) is 59.3 Å². The summed E-state index contributed by atoms with van der Waals surface area (Å²) in [5.74, 6) is 2.86. The Morgan fingerprint density at radius 2 is 2.23 bits per heavy atom. The maximum atomic E-state index is 6.07. The first-order chi connectivity index (χ1) is 10.8. The van der Waals surface area contributed by atoms with Crippen LogP contribution in [0.25, 0.3) is 0 Å². The number of hydrogen-bond donors (Lipinski definition) is 0. The highest BCUT2D eigenvalue weighted by atomic mass is 32.2. The highest BCUT2D eigenvalue weighted by Gasteiger charge is 2.49. The van der Waals surface area contributed by atoms with Gasteiger partial charge in [-0.2, -0.15) is 0 Å². The van der Waals surface area contributed by atoms with Gasteiger partial charge in [-0.1, -0.05) is 0 Å². The first-order valence-electron chi connectivity index (χ1n) is 8.32. The molecule has 0 bridgehead atoms. The largest absolute Gasteiger partial charge is 0.488 e. The van der Waals surface area contributed by atoms with Crippen LogP contribution < -0.4 is 4.74 Å². The zero-order valence-corrected chi connectivity index (χ0v) is 13.8. The van der Waals surface area contributed by atoms with E-state index in [1.165, 1.54) is 38.9 Å². The molecule has 0 amide bonds. The average Bonchev–Trinajstić information content (AvgIpc) is 2.93. The number of hydrogen-bond acceptors (Lipinski definition) is 5. The molecule has 5 heteroatoms. The third-order valence-corrected chi connectivity index (χ3v) is 6.57. The highest BCUT2D eigenvalue weighted by Crippen LogP contribution is 2.46. The summed E-state index contributed by atoms with van der Waals surface area (Å²) in [5, 5.41) is 0. The van der Waals surface area contributed by atoms with Crippen LogP contribution in [-0.2, 0) is 4.74 Å². The third-order valence-electron chi connectivity index (χ3n) is 4.99. The minimum absolute atomic E-state index is 0.347. The van der Waals surface area contributed by atoms with E-state index in [0.717, 1.165) is 30.6 Å². The highest BCUT2D eigenvalue weighted by molar-refractivity contribution is 8.01. The maximum Gasteiger partial charge on any atom is 0.138 e. The van der Waals surface area contributed by atoms with Crippen molar-refractivity contribution in [3.63, 3.8) is 0 Å². The van der Waals surface area contributed by atoms with Crippen molar-refractivity contribution in [1.82, 2.24) is 9.88 Å². The van der Waals surface area contributed by atoms with E-state index < -0.39 is 0 Å². The van der Waals surface area contributed by atoms with Crippen molar-refractivity contribution in [2.75, 3.05) is 38.6 Å². The fourth-order valence-electron chi connectivity index (χ4n) is 3.90. The van der Waals surface area contributed by atoms with E-state index in [2.05, 4.69) is 21.6 Å². The second-order valence-corrected chi connectivity index (χ2v) is 8.34. The third kappa shape index (κ3) is 3.26. The van der Waals surface area contributed by atoms with E-state index in [1.807, 2.05) is 18.3 Å². The summed E-state index contributed by atoms with van der Waals surface area (Å²) in [7, 11) is 0. The molecule has 120 valence electrons. The molecule has 0 N–H and O–H groups in total. The van der Waals surface area contributed by atoms with Crippen LogP contribution in [0.2, 0.25) is 0 Å². The van der Waals surface area contributed by atoms with Gasteiger partial charge in [0.2, 0.25) is 0 Å². The molecule has 0 saturated carbocycles. The molecule has 4 heterocycles. The monoisotopic (exact) mass is 320 g/mol. The van der Waals surface area contributed by atoms with Crippen LogP contribution in [0.1, 0.15) is 19.3 Å². The van der Waals surface area contributed by atoms with Gasteiger partial charge in [-0.3, -0.25) is 4.98 Å². The van der Waals surface area contributed by atoms with Gasteiger partial charge < -0.3 is 14.4 Å². The van der Waals surface area contributed by atoms with Gasteiger partial charge in [0.05, 0.1) is 6.20 Å². The molecular formula is C17H24N2O2S. The van der Waals surface area contributed by atoms with Gasteiger partial charge in [-0.25, -0.2) is 0 Å². The number of likely N-dealkylation sites (tertiary alicyclic amines) is 1. The van der Waals surface area contributed by atoms with Crippen LogP contribution in [0.15, 0.2) is 24.5 Å². The number of ether oxygens (including phenoxy) is 2. The van der Waals surface area contributed by atoms with Crippen molar-refractivity contribution < 1.29 is 9.47 Å². The first kappa shape index (κ1) is 14.8. The molecule has 1 spiro atoms. The van der Waals surface area contributed by atoms with Gasteiger partial charge in [0.15, 0.2) is 0 Å². The standard InChI is InChI=1S/C17H24N2O2S/c1-2-15(9-18-5-1)21-16-8-17(22-11-16)12-19(13-17)10-14-3-6-20-7-4-14/h1-2,5,9,14,16H,3-4,6-8,10-13H2. The summed E-state index contributed by atoms with van der Waals surface area (Å²) in [5.41, 5.74) is 0. The zero-order valence-electron chi connectivity index (χ0n) is 12.9. The lowest BCUT2D eigenvalue weighted by Crippen LogP contribution is -2.60. The van der Waals surface area contributed by atoms with Crippen molar-refractivity contribution >= 4 is 11.8 Å². The molecule has 1 aromatic rings. The second-order valence-electron chi connectivity index (χ2n) is 6.85. The summed E-state index contributed by atoms with van der Waals surface area (Å²) in [4.78, 5) is 6.76. The summed E-state index contributed by atoms with van der Waals surface area (Å²) in [6, 6.07) is 3.94. The minimum Gasteiger partial charge on any atom is -0.488 e. The fourth-order valence-corrected chi connectivity index (χ4v) is 5.48. The molecule has 3 aliphatic rings. The van der Waals surface area contributed by atoms with Crippen molar-refractivity contribution in [2.45, 2.75) is 30.1 Å². The first-order valence-corrected chi connectivity index (χ1v) is 9.31. The molecule has 3 fully saturated rings. The Hall–Kier alpha value is -0.780. The molecule has 0 radical (unpaired) electrons. The summed E-state index contributed by atoms with van der Waals surface area (Å²) in [6.45, 7) is 5.66. The number of nitrogens with zero attached hydrogens (tertiary/aromatic N) is 2. The molecule has 4 nitrogen and oxygen atoms in total. The topological polar surface area (TPSA) is 34.6 Å². The van der Waals surface area contributed by atoms with Crippen LogP contribution in [0.3, 0.4) is 0 Å². The van der Waals surface area contributed by atoms with E-state index in [4.69, 9.17) is 9.47 Å². The van der Waals surface area contributed by atoms with Gasteiger partial charge in [0.1, 0.15) is 11.9 Å². The second kappa shape index (κ2) is 6.38. The lowest BCUT2D eigenvalue weighted by atomic mass is 9.90. The molecule has 1 unspecified atom stereocenters. The number of pyridine rings is 1. The van der Waals surface area contributed by atoms with Crippen LogP contribution in [0.4, 0.5) is 0 Å². The van der Waals surface area contributed by atoms with E-state index in [1.54, 1.807) is 6.20 Å². The van der Waals surface area contributed by atoms with Crippen molar-refractivity contribution in [3.05, 3.63) is 24.5 Å². The van der Waals surface area contributed by atoms with Gasteiger partial charge in [-0.05, 0) is 30.9 Å². The molecule has 0 aliphatic carbocycles. The zero-order chi connectivity index (χ0) is 14.8. The Morgan fingerprint density at radius 1 is 1.36 bits per heavy atom. The molecule has 1 aromatic heterocycles. The summed E-state index contributed by atoms with van der Waals surface area (Å²) < 4.78 is 12.0. The molecule has 3 aliphatic heterocycles. The Morgan fingerprint density at radius 3 is 3.00 bits per heavy atom. The average molecular weight is 320 g/mol. The number of aromatic nitrogens is 1. The Labute approximate surface area is 136 Å². The maximum absolute atomic E-state index is 6.07. The van der Waals surface area contributed by atoms with Gasteiger partial charge in [-0.15, -0.1) is 11.8 Å². The van der Waals surface area contributed by atoms with Crippen molar-refractivity contribution in [2.24, 2.45) is 5.92 Å². The van der Waals surface area contributed by atoms with Gasteiger partial charge >= 0.3 is 0 Å². The van der Waals surface area contributed by atoms with Gasteiger partial charge in [0, 0.05) is 56.0 Å². The van der Waals surface area contributed by atoms with Crippen LogP contribution >= 0.6 is 11.8 Å². The van der Waals surface area contributed by atoms with Crippen LogP contribution in [0.5, 0.6) is 5.75 Å². The van der Waals surface area contributed by atoms with E-state index in [0.29, 0.717) is 10.9 Å². The Balaban J connectivity index is 1.24. The van der Waals surface area contributed by atoms with Gasteiger partial charge in [0.25, 0.3) is 0 Å². The predicted molar refractivity (Wildman–Crippen MR) is 88.4 cm³/mol. The SMILES string of the molecule is c1cncc(OC2CSC3(C2)CN(CC2CCOCC2)C3)c1. The lowest BCUT2D eigenvalue weighted by Gasteiger charge is -2.49. The quantitative estimate of drug-likeness (QED) is 0.851. The van der Waals surface area contributed by atoms with E-state index in [9.17, 15) is 0 Å². The van der Waals surface area contributed by atoms with Crippen molar-refractivity contribution in [1.29, 1.82) is 0 Å². The van der Waals surface area contributed by atoms with E-state index in [-0.39, 0.29) is 0 Å². The fraction of sp³-hybridized carbons (Fsp3) is 0.706. The molecule has 1 atom stereocenters. The Bertz CT molecular complexity index is 487.